The van der Waals surface area contributed by atoms with E-state index in [1.165, 1.54) is 24.6 Å². The lowest BCUT2D eigenvalue weighted by atomic mass is 9.95. The minimum absolute atomic E-state index is 0.0637. The normalized spacial score (nSPS) is 18.2. The fourth-order valence-corrected chi connectivity index (χ4v) is 5.32. The summed E-state index contributed by atoms with van der Waals surface area (Å²) in [7, 11) is 0. The molecule has 2 aromatic rings. The van der Waals surface area contributed by atoms with E-state index < -0.39 is 0 Å². The highest BCUT2D eigenvalue weighted by Gasteiger charge is 2.30. The summed E-state index contributed by atoms with van der Waals surface area (Å²) < 4.78 is 7.40. The maximum absolute atomic E-state index is 12.9. The third kappa shape index (κ3) is 5.14. The topological polar surface area (TPSA) is 84.5 Å². The van der Waals surface area contributed by atoms with E-state index >= 15 is 0 Å². The highest BCUT2D eigenvalue weighted by atomic mass is 32.2. The molecule has 0 radical (unpaired) electrons. The molecule has 0 saturated carbocycles. The third-order valence-corrected chi connectivity index (χ3v) is 7.17. The summed E-state index contributed by atoms with van der Waals surface area (Å²) >= 11 is 1.40. The molecule has 0 unspecified atom stereocenters. The van der Waals surface area contributed by atoms with Crippen LogP contribution < -0.4 is 0 Å². The van der Waals surface area contributed by atoms with Gasteiger partial charge in [-0.15, -0.1) is 10.2 Å². The predicted molar refractivity (Wildman–Crippen MR) is 118 cm³/mol. The number of thioether (sulfide) groups is 1. The maximum atomic E-state index is 12.9. The summed E-state index contributed by atoms with van der Waals surface area (Å²) in [4.78, 5) is 29.6. The van der Waals surface area contributed by atoms with Gasteiger partial charge < -0.3 is 14.2 Å². The Labute approximate surface area is 187 Å². The third-order valence-electron chi connectivity index (χ3n) is 6.21. The Bertz CT molecular complexity index is 866. The Balaban J connectivity index is 1.27. The van der Waals surface area contributed by atoms with E-state index in [2.05, 4.69) is 15.1 Å². The van der Waals surface area contributed by atoms with Crippen LogP contribution in [0.4, 0.5) is 0 Å². The van der Waals surface area contributed by atoms with E-state index in [0.29, 0.717) is 48.0 Å². The van der Waals surface area contributed by atoms with Crippen LogP contribution in [-0.2, 0) is 16.1 Å². The minimum atomic E-state index is 0.0637. The Morgan fingerprint density at radius 1 is 1.06 bits per heavy atom. The Kier molecular flexibility index (Phi) is 7.32. The number of likely N-dealkylation sites (tertiary alicyclic amines) is 2. The molecule has 2 aliphatic rings. The largest absolute Gasteiger partial charge is 0.461 e. The van der Waals surface area contributed by atoms with Crippen LogP contribution >= 0.6 is 11.8 Å². The van der Waals surface area contributed by atoms with E-state index in [1.54, 1.807) is 6.26 Å². The van der Waals surface area contributed by atoms with Crippen LogP contribution in [-0.4, -0.2) is 68.3 Å². The number of aromatic nitrogens is 3. The molecule has 168 valence electrons. The van der Waals surface area contributed by atoms with Gasteiger partial charge in [-0.1, -0.05) is 24.6 Å². The number of carbonyl (C=O) groups excluding carboxylic acids is 2. The van der Waals surface area contributed by atoms with Gasteiger partial charge in [0.25, 0.3) is 0 Å². The molecule has 31 heavy (non-hydrogen) atoms. The Hall–Kier alpha value is -2.29. The molecule has 4 heterocycles. The average molecular weight is 446 g/mol. The van der Waals surface area contributed by atoms with Crippen LogP contribution in [0.5, 0.6) is 0 Å². The number of hydrogen-bond acceptors (Lipinski definition) is 6. The molecule has 0 aromatic carbocycles. The maximum Gasteiger partial charge on any atom is 0.233 e. The smallest absolute Gasteiger partial charge is 0.233 e. The van der Waals surface area contributed by atoms with Crippen molar-refractivity contribution in [3.05, 3.63) is 18.4 Å². The number of rotatable bonds is 6. The fraction of sp³-hybridized carbons (Fsp3) is 0.636. The fourth-order valence-electron chi connectivity index (χ4n) is 4.41. The van der Waals surface area contributed by atoms with Crippen molar-refractivity contribution in [3.8, 4) is 11.6 Å². The van der Waals surface area contributed by atoms with E-state index in [-0.39, 0.29) is 11.8 Å². The summed E-state index contributed by atoms with van der Waals surface area (Å²) in [6.07, 6.45) is 7.82. The highest BCUT2D eigenvalue weighted by Crippen LogP contribution is 2.26. The van der Waals surface area contributed by atoms with Crippen LogP contribution in [0.2, 0.25) is 0 Å². The van der Waals surface area contributed by atoms with Crippen molar-refractivity contribution in [2.45, 2.75) is 57.1 Å². The first kappa shape index (κ1) is 21.9. The van der Waals surface area contributed by atoms with Crippen LogP contribution in [0.1, 0.15) is 45.4 Å². The van der Waals surface area contributed by atoms with Crippen LogP contribution in [0.3, 0.4) is 0 Å². The number of carbonyl (C=O) groups is 2. The van der Waals surface area contributed by atoms with E-state index in [9.17, 15) is 9.59 Å². The van der Waals surface area contributed by atoms with E-state index in [4.69, 9.17) is 4.42 Å². The van der Waals surface area contributed by atoms with Crippen molar-refractivity contribution in [2.24, 2.45) is 5.92 Å². The summed E-state index contributed by atoms with van der Waals surface area (Å²) in [5.74, 6) is 2.12. The van der Waals surface area contributed by atoms with Crippen molar-refractivity contribution in [3.63, 3.8) is 0 Å². The molecular weight excluding hydrogens is 414 g/mol. The second kappa shape index (κ2) is 10.3. The van der Waals surface area contributed by atoms with E-state index in [1.807, 2.05) is 28.5 Å². The lowest BCUT2D eigenvalue weighted by molar-refractivity contribution is -0.139. The molecule has 0 atom stereocenters. The average Bonchev–Trinajstić information content (AvgIpc) is 3.39. The predicted octanol–water partition coefficient (Wildman–Crippen LogP) is 3.29. The Morgan fingerprint density at radius 2 is 1.81 bits per heavy atom. The van der Waals surface area contributed by atoms with Gasteiger partial charge in [0.1, 0.15) is 0 Å². The van der Waals surface area contributed by atoms with E-state index in [0.717, 1.165) is 38.8 Å². The zero-order valence-electron chi connectivity index (χ0n) is 18.2. The molecule has 0 bridgehead atoms. The molecule has 2 saturated heterocycles. The quantitative estimate of drug-likeness (QED) is 0.635. The summed E-state index contributed by atoms with van der Waals surface area (Å²) in [6.45, 7) is 5.82. The number of piperidine rings is 1. The van der Waals surface area contributed by atoms with Gasteiger partial charge in [-0.2, -0.15) is 0 Å². The Morgan fingerprint density at radius 3 is 2.45 bits per heavy atom. The molecule has 0 aliphatic carbocycles. The zero-order chi connectivity index (χ0) is 21.6. The molecule has 8 nitrogen and oxygen atoms in total. The van der Waals surface area contributed by atoms with Gasteiger partial charge in [-0.25, -0.2) is 0 Å². The van der Waals surface area contributed by atoms with Crippen molar-refractivity contribution in [1.82, 2.24) is 24.6 Å². The number of furan rings is 1. The van der Waals surface area contributed by atoms with Gasteiger partial charge in [-0.3, -0.25) is 14.2 Å². The lowest BCUT2D eigenvalue weighted by Crippen LogP contribution is -2.45. The van der Waals surface area contributed by atoms with Gasteiger partial charge in [0.15, 0.2) is 16.7 Å². The minimum Gasteiger partial charge on any atom is -0.461 e. The monoisotopic (exact) mass is 445 g/mol. The van der Waals surface area contributed by atoms with Gasteiger partial charge >= 0.3 is 0 Å². The highest BCUT2D eigenvalue weighted by molar-refractivity contribution is 7.99. The molecular formula is C22H31N5O3S. The first-order chi connectivity index (χ1) is 15.2. The standard InChI is InChI=1S/C22H31N5O3S/c1-2-27-20(18-8-7-15-30-18)23-24-22(27)31-16-19(28)25-13-9-17(10-14-25)21(29)26-11-5-3-4-6-12-26/h7-8,15,17H,2-6,9-14,16H2,1H3. The molecule has 2 aromatic heterocycles. The number of amides is 2. The summed E-state index contributed by atoms with van der Waals surface area (Å²) in [5, 5.41) is 9.20. The molecule has 4 rings (SSSR count). The van der Waals surface area contributed by atoms with Crippen molar-refractivity contribution in [2.75, 3.05) is 31.9 Å². The van der Waals surface area contributed by atoms with Crippen LogP contribution in [0, 0.1) is 5.92 Å². The van der Waals surface area contributed by atoms with Gasteiger partial charge in [-0.05, 0) is 44.7 Å². The van der Waals surface area contributed by atoms with Crippen LogP contribution in [0.15, 0.2) is 28.0 Å². The lowest BCUT2D eigenvalue weighted by Gasteiger charge is -2.34. The number of nitrogens with zero attached hydrogens (tertiary/aromatic N) is 5. The summed E-state index contributed by atoms with van der Waals surface area (Å²) in [5.41, 5.74) is 0. The molecule has 0 spiro atoms. The van der Waals surface area contributed by atoms with Crippen molar-refractivity contribution in [1.29, 1.82) is 0 Å². The second-order valence-corrected chi connectivity index (χ2v) is 9.15. The van der Waals surface area contributed by atoms with Gasteiger partial charge in [0, 0.05) is 38.6 Å². The molecule has 0 N–H and O–H groups in total. The van der Waals surface area contributed by atoms with Gasteiger partial charge in [0.2, 0.25) is 11.8 Å². The summed E-state index contributed by atoms with van der Waals surface area (Å²) in [6, 6.07) is 3.68. The second-order valence-electron chi connectivity index (χ2n) is 8.21. The SMILES string of the molecule is CCn1c(SCC(=O)N2CCC(C(=O)N3CCCCCC3)CC2)nnc1-c1ccco1. The molecule has 2 amide bonds. The first-order valence-electron chi connectivity index (χ1n) is 11.3. The molecule has 2 aliphatic heterocycles. The number of hydrogen-bond donors (Lipinski definition) is 0. The van der Waals surface area contributed by atoms with Crippen molar-refractivity contribution < 1.29 is 14.0 Å². The first-order valence-corrected chi connectivity index (χ1v) is 12.3. The van der Waals surface area contributed by atoms with Crippen molar-refractivity contribution >= 4 is 23.6 Å². The van der Waals surface area contributed by atoms with Crippen LogP contribution in [0.25, 0.3) is 11.6 Å². The van der Waals surface area contributed by atoms with Gasteiger partial charge in [0.05, 0.1) is 12.0 Å². The molecule has 9 heteroatoms. The molecule has 2 fully saturated rings. The zero-order valence-corrected chi connectivity index (χ0v) is 19.0.